The smallest absolute Gasteiger partial charge is 0.330 e. The average molecular weight is 194 g/mol. The van der Waals surface area contributed by atoms with E-state index in [4.69, 9.17) is 0 Å². The highest BCUT2D eigenvalue weighted by molar-refractivity contribution is 5.41. The van der Waals surface area contributed by atoms with E-state index >= 15 is 0 Å². The van der Waals surface area contributed by atoms with Crippen molar-refractivity contribution in [2.75, 3.05) is 0 Å². The van der Waals surface area contributed by atoms with Crippen molar-refractivity contribution in [2.45, 2.75) is 25.2 Å². The molecule has 1 aromatic heterocycles. The van der Waals surface area contributed by atoms with Crippen LogP contribution in [0.4, 0.5) is 5.69 Å². The van der Waals surface area contributed by atoms with Crippen molar-refractivity contribution in [3.8, 4) is 5.88 Å². The van der Waals surface area contributed by atoms with E-state index in [2.05, 4.69) is 4.98 Å². The van der Waals surface area contributed by atoms with Gasteiger partial charge in [0.25, 0.3) is 5.88 Å². The number of aromatic hydroxyl groups is 1. The first-order chi connectivity index (χ1) is 6.68. The van der Waals surface area contributed by atoms with E-state index in [9.17, 15) is 15.2 Å². The molecule has 1 aliphatic rings. The second-order valence-electron chi connectivity index (χ2n) is 3.46. The highest BCUT2D eigenvalue weighted by Crippen LogP contribution is 2.37. The Bertz CT molecular complexity index is 374. The van der Waals surface area contributed by atoms with Gasteiger partial charge in [-0.2, -0.15) is 0 Å². The van der Waals surface area contributed by atoms with Gasteiger partial charge in [-0.1, -0.05) is 6.42 Å². The summed E-state index contributed by atoms with van der Waals surface area (Å²) in [6, 6.07) is 2.94. The monoisotopic (exact) mass is 194 g/mol. The van der Waals surface area contributed by atoms with Gasteiger partial charge in [0.2, 0.25) is 0 Å². The molecule has 0 aromatic carbocycles. The molecular formula is C9H10N2O3. The van der Waals surface area contributed by atoms with Gasteiger partial charge in [0.05, 0.1) is 4.92 Å². The molecule has 1 N–H and O–H groups in total. The van der Waals surface area contributed by atoms with Gasteiger partial charge in [-0.25, -0.2) is 4.98 Å². The van der Waals surface area contributed by atoms with E-state index in [1.165, 1.54) is 12.5 Å². The summed E-state index contributed by atoms with van der Waals surface area (Å²) in [6.07, 6.45) is 3.29. The average Bonchev–Trinajstić information content (AvgIpc) is 2.00. The number of aromatic nitrogens is 1. The topological polar surface area (TPSA) is 76.3 Å². The molecule has 14 heavy (non-hydrogen) atoms. The quantitative estimate of drug-likeness (QED) is 0.576. The molecule has 5 heteroatoms. The summed E-state index contributed by atoms with van der Waals surface area (Å²) < 4.78 is 0. The minimum atomic E-state index is -0.632. The van der Waals surface area contributed by atoms with Crippen LogP contribution >= 0.6 is 0 Å². The van der Waals surface area contributed by atoms with Gasteiger partial charge < -0.3 is 5.11 Å². The predicted octanol–water partition coefficient (Wildman–Crippen LogP) is 1.96. The lowest BCUT2D eigenvalue weighted by Gasteiger charge is -2.24. The van der Waals surface area contributed by atoms with Crippen molar-refractivity contribution in [3.63, 3.8) is 0 Å². The van der Waals surface area contributed by atoms with E-state index < -0.39 is 10.8 Å². The van der Waals surface area contributed by atoms with Crippen LogP contribution < -0.4 is 0 Å². The Morgan fingerprint density at radius 1 is 1.50 bits per heavy atom. The molecule has 1 saturated carbocycles. The zero-order chi connectivity index (χ0) is 10.1. The van der Waals surface area contributed by atoms with Crippen LogP contribution in [-0.2, 0) is 0 Å². The lowest BCUT2D eigenvalue weighted by Crippen LogP contribution is -2.10. The maximum Gasteiger partial charge on any atom is 0.330 e. The molecule has 74 valence electrons. The summed E-state index contributed by atoms with van der Waals surface area (Å²) in [6.45, 7) is 0. The largest absolute Gasteiger partial charge is 0.488 e. The zero-order valence-corrected chi connectivity index (χ0v) is 7.51. The zero-order valence-electron chi connectivity index (χ0n) is 7.51. The third kappa shape index (κ3) is 1.41. The maximum atomic E-state index is 10.4. The summed E-state index contributed by atoms with van der Waals surface area (Å²) in [5, 5.41) is 19.7. The van der Waals surface area contributed by atoms with Gasteiger partial charge in [-0.15, -0.1) is 0 Å². The SMILES string of the molecule is O=[N+]([O-])c1ccc(C2CCC2)nc1O. The minimum absolute atomic E-state index is 0.326. The fourth-order valence-corrected chi connectivity index (χ4v) is 1.53. The van der Waals surface area contributed by atoms with Crippen molar-refractivity contribution >= 4 is 5.69 Å². The molecule has 0 unspecified atom stereocenters. The summed E-state index contributed by atoms with van der Waals surface area (Å²) >= 11 is 0. The summed E-state index contributed by atoms with van der Waals surface area (Å²) in [5.41, 5.74) is 0.437. The lowest BCUT2D eigenvalue weighted by atomic mass is 9.83. The molecule has 0 radical (unpaired) electrons. The molecule has 0 bridgehead atoms. The Balaban J connectivity index is 2.30. The molecule has 5 nitrogen and oxygen atoms in total. The van der Waals surface area contributed by atoms with Gasteiger partial charge >= 0.3 is 5.69 Å². The van der Waals surface area contributed by atoms with Crippen molar-refractivity contribution in [1.82, 2.24) is 4.98 Å². The predicted molar refractivity (Wildman–Crippen MR) is 49.1 cm³/mol. The fourth-order valence-electron chi connectivity index (χ4n) is 1.53. The van der Waals surface area contributed by atoms with Crippen LogP contribution in [0.15, 0.2) is 12.1 Å². The van der Waals surface area contributed by atoms with Gasteiger partial charge in [0.1, 0.15) is 0 Å². The first kappa shape index (κ1) is 8.93. The first-order valence-corrected chi connectivity index (χ1v) is 4.53. The summed E-state index contributed by atoms with van der Waals surface area (Å²) in [4.78, 5) is 13.6. The number of hydrogen-bond donors (Lipinski definition) is 1. The minimum Gasteiger partial charge on any atom is -0.488 e. The highest BCUT2D eigenvalue weighted by atomic mass is 16.6. The highest BCUT2D eigenvalue weighted by Gasteiger charge is 2.23. The number of hydrogen-bond acceptors (Lipinski definition) is 4. The third-order valence-corrected chi connectivity index (χ3v) is 2.60. The standard InChI is InChI=1S/C9H10N2O3/c12-9-8(11(13)14)5-4-7(10-9)6-2-1-3-6/h4-6H,1-3H2,(H,10,12). The van der Waals surface area contributed by atoms with Crippen molar-refractivity contribution in [3.05, 3.63) is 27.9 Å². The number of pyridine rings is 1. The number of rotatable bonds is 2. The molecule has 0 atom stereocenters. The van der Waals surface area contributed by atoms with Crippen LogP contribution in [-0.4, -0.2) is 15.0 Å². The normalized spacial score (nSPS) is 16.3. The van der Waals surface area contributed by atoms with Gasteiger partial charge in [-0.05, 0) is 18.9 Å². The Kier molecular flexibility index (Phi) is 2.07. The van der Waals surface area contributed by atoms with E-state index in [-0.39, 0.29) is 5.69 Å². The fraction of sp³-hybridized carbons (Fsp3) is 0.444. The Morgan fingerprint density at radius 3 is 2.64 bits per heavy atom. The molecule has 0 spiro atoms. The molecule has 1 fully saturated rings. The molecule has 0 amide bonds. The van der Waals surface area contributed by atoms with Crippen LogP contribution in [0.1, 0.15) is 30.9 Å². The molecule has 2 rings (SSSR count). The van der Waals surface area contributed by atoms with Crippen LogP contribution in [0.3, 0.4) is 0 Å². The van der Waals surface area contributed by atoms with Gasteiger partial charge in [0.15, 0.2) is 0 Å². The summed E-state index contributed by atoms with van der Waals surface area (Å²) in [7, 11) is 0. The number of nitro groups is 1. The van der Waals surface area contributed by atoms with E-state index in [1.807, 2.05) is 0 Å². The molecule has 1 heterocycles. The van der Waals surface area contributed by atoms with Crippen LogP contribution in [0, 0.1) is 10.1 Å². The molecule has 1 aliphatic carbocycles. The molecule has 0 aliphatic heterocycles. The van der Waals surface area contributed by atoms with Crippen molar-refractivity contribution < 1.29 is 10.0 Å². The number of nitrogens with zero attached hydrogens (tertiary/aromatic N) is 2. The van der Waals surface area contributed by atoms with E-state index in [0.717, 1.165) is 18.5 Å². The summed E-state index contributed by atoms with van der Waals surface area (Å²) in [5.74, 6) is -0.0962. The Morgan fingerprint density at radius 2 is 2.21 bits per heavy atom. The molecular weight excluding hydrogens is 184 g/mol. The second kappa shape index (κ2) is 3.25. The van der Waals surface area contributed by atoms with Crippen LogP contribution in [0.5, 0.6) is 5.88 Å². The maximum absolute atomic E-state index is 10.4. The van der Waals surface area contributed by atoms with Crippen LogP contribution in [0.2, 0.25) is 0 Å². The Hall–Kier alpha value is -1.65. The molecule has 1 aromatic rings. The van der Waals surface area contributed by atoms with Crippen molar-refractivity contribution in [1.29, 1.82) is 0 Å². The van der Waals surface area contributed by atoms with E-state index in [1.54, 1.807) is 6.07 Å². The van der Waals surface area contributed by atoms with Crippen molar-refractivity contribution in [2.24, 2.45) is 0 Å². The Labute approximate surface area is 80.6 Å². The first-order valence-electron chi connectivity index (χ1n) is 4.53. The third-order valence-electron chi connectivity index (χ3n) is 2.60. The van der Waals surface area contributed by atoms with Gasteiger partial charge in [0, 0.05) is 17.7 Å². The lowest BCUT2D eigenvalue weighted by molar-refractivity contribution is -0.386. The second-order valence-corrected chi connectivity index (χ2v) is 3.46. The van der Waals surface area contributed by atoms with Crippen LogP contribution in [0.25, 0.3) is 0 Å². The molecule has 0 saturated heterocycles. The van der Waals surface area contributed by atoms with E-state index in [0.29, 0.717) is 5.92 Å². The van der Waals surface area contributed by atoms with Gasteiger partial charge in [-0.3, -0.25) is 10.1 Å².